The number of carbonyl (C=O) groups is 1. The van der Waals surface area contributed by atoms with E-state index in [2.05, 4.69) is 11.9 Å². The van der Waals surface area contributed by atoms with Gasteiger partial charge >= 0.3 is 5.97 Å². The molecule has 0 aliphatic carbocycles. The molecule has 0 aliphatic rings. The first-order valence-electron chi connectivity index (χ1n) is 10.2. The molecule has 0 N–H and O–H groups in total. The SMILES string of the molecule is C=[N+]([O-])c1cc(N=O)ccc1OC(=O)C(c1ccccc1)(c1ccccc1)c1ccccc1. The van der Waals surface area contributed by atoms with Crippen molar-refractivity contribution in [2.75, 3.05) is 0 Å². The van der Waals surface area contributed by atoms with Gasteiger partial charge in [0.05, 0.1) is 0 Å². The molecule has 0 atom stereocenters. The standard InChI is InChI=1S/C27H20N2O4/c1-29(32)24-19-23(28-31)17-18-25(24)33-26(30)27(20-11-5-2-6-12-20,21-13-7-3-8-14-21)22-15-9-4-10-16-22/h2-19H,1H2. The number of carbonyl (C=O) groups excluding carboxylic acids is 1. The van der Waals surface area contributed by atoms with E-state index in [1.165, 1.54) is 18.2 Å². The van der Waals surface area contributed by atoms with Gasteiger partial charge in [-0.25, -0.2) is 4.79 Å². The summed E-state index contributed by atoms with van der Waals surface area (Å²) in [7, 11) is 0. The quantitative estimate of drug-likeness (QED) is 0.0530. The van der Waals surface area contributed by atoms with E-state index >= 15 is 0 Å². The van der Waals surface area contributed by atoms with E-state index < -0.39 is 11.4 Å². The van der Waals surface area contributed by atoms with Crippen molar-refractivity contribution in [1.29, 1.82) is 0 Å². The van der Waals surface area contributed by atoms with Crippen molar-refractivity contribution in [3.63, 3.8) is 0 Å². The van der Waals surface area contributed by atoms with Gasteiger partial charge in [0, 0.05) is 6.07 Å². The smallest absolute Gasteiger partial charge is 0.331 e. The Hall–Kier alpha value is -4.58. The summed E-state index contributed by atoms with van der Waals surface area (Å²) < 4.78 is 6.16. The van der Waals surface area contributed by atoms with Gasteiger partial charge < -0.3 is 9.94 Å². The fourth-order valence-electron chi connectivity index (χ4n) is 3.94. The Kier molecular flexibility index (Phi) is 6.09. The lowest BCUT2D eigenvalue weighted by Gasteiger charge is -2.33. The summed E-state index contributed by atoms with van der Waals surface area (Å²) in [6, 6.07) is 31.9. The second-order valence-corrected chi connectivity index (χ2v) is 7.36. The van der Waals surface area contributed by atoms with Gasteiger partial charge in [-0.1, -0.05) is 91.0 Å². The Labute approximate surface area is 191 Å². The minimum Gasteiger partial charge on any atom is -0.619 e. The monoisotopic (exact) mass is 436 g/mol. The van der Waals surface area contributed by atoms with Crippen molar-refractivity contribution < 1.29 is 14.3 Å². The number of nitroso groups, excluding NO2 is 1. The van der Waals surface area contributed by atoms with Crippen LogP contribution in [-0.4, -0.2) is 17.4 Å². The number of esters is 1. The van der Waals surface area contributed by atoms with Crippen molar-refractivity contribution in [2.45, 2.75) is 5.41 Å². The van der Waals surface area contributed by atoms with Crippen LogP contribution in [0.5, 0.6) is 5.75 Å². The molecule has 0 spiro atoms. The van der Waals surface area contributed by atoms with Crippen molar-refractivity contribution in [3.8, 4) is 5.75 Å². The average molecular weight is 436 g/mol. The summed E-state index contributed by atoms with van der Waals surface area (Å²) in [4.78, 5) is 25.0. The van der Waals surface area contributed by atoms with Gasteiger partial charge in [0.2, 0.25) is 5.75 Å². The number of nitrogens with zero attached hydrogens (tertiary/aromatic N) is 2. The van der Waals surface area contributed by atoms with E-state index in [1.807, 2.05) is 91.0 Å². The van der Waals surface area contributed by atoms with E-state index in [0.717, 1.165) is 0 Å². The number of benzene rings is 4. The summed E-state index contributed by atoms with van der Waals surface area (Å²) >= 11 is 0. The molecule has 0 unspecified atom stereocenters. The van der Waals surface area contributed by atoms with Gasteiger partial charge in [0.1, 0.15) is 17.8 Å². The predicted octanol–water partition coefficient (Wildman–Crippen LogP) is 5.87. The number of rotatable bonds is 7. The lowest BCUT2D eigenvalue weighted by molar-refractivity contribution is -0.350. The first-order valence-corrected chi connectivity index (χ1v) is 10.2. The Morgan fingerprint density at radius 2 is 1.24 bits per heavy atom. The fraction of sp³-hybridized carbons (Fsp3) is 0.0370. The van der Waals surface area contributed by atoms with E-state index in [1.54, 1.807) is 0 Å². The molecule has 0 aromatic heterocycles. The van der Waals surface area contributed by atoms with Gasteiger partial charge in [0.25, 0.3) is 5.69 Å². The van der Waals surface area contributed by atoms with Crippen LogP contribution >= 0.6 is 0 Å². The molecule has 0 aliphatic heterocycles. The van der Waals surface area contributed by atoms with Crippen LogP contribution in [0.1, 0.15) is 16.7 Å². The van der Waals surface area contributed by atoms with Crippen molar-refractivity contribution in [1.82, 2.24) is 0 Å². The molecule has 0 radical (unpaired) electrons. The summed E-state index contributed by atoms with van der Waals surface area (Å²) in [6.45, 7) is 3.33. The van der Waals surface area contributed by atoms with E-state index in [9.17, 15) is 14.9 Å². The van der Waals surface area contributed by atoms with Gasteiger partial charge in [-0.3, -0.25) is 0 Å². The van der Waals surface area contributed by atoms with E-state index in [4.69, 9.17) is 4.74 Å². The molecule has 0 saturated carbocycles. The lowest BCUT2D eigenvalue weighted by Crippen LogP contribution is -2.41. The number of hydrogen-bond acceptors (Lipinski definition) is 5. The molecule has 4 aromatic rings. The molecular weight excluding hydrogens is 416 g/mol. The number of ether oxygens (including phenoxy) is 1. The van der Waals surface area contributed by atoms with Crippen LogP contribution in [0.2, 0.25) is 0 Å². The molecular formula is C27H20N2O4. The zero-order chi connectivity index (χ0) is 23.3. The third kappa shape index (κ3) is 4.02. The summed E-state index contributed by atoms with van der Waals surface area (Å²) in [5.41, 5.74) is 0.729. The van der Waals surface area contributed by atoms with Crippen LogP contribution in [0.25, 0.3) is 0 Å². The second-order valence-electron chi connectivity index (χ2n) is 7.36. The van der Waals surface area contributed by atoms with Crippen LogP contribution in [-0.2, 0) is 10.2 Å². The van der Waals surface area contributed by atoms with Gasteiger partial charge in [-0.15, -0.1) is 4.91 Å². The molecule has 0 fully saturated rings. The number of hydrogen-bond donors (Lipinski definition) is 0. The maximum absolute atomic E-state index is 14.1. The summed E-state index contributed by atoms with van der Waals surface area (Å²) in [5, 5.41) is 14.9. The topological polar surface area (TPSA) is 81.8 Å². The Morgan fingerprint density at radius 3 is 1.64 bits per heavy atom. The van der Waals surface area contributed by atoms with Gasteiger partial charge in [0.15, 0.2) is 0 Å². The highest BCUT2D eigenvalue weighted by Crippen LogP contribution is 2.42. The molecule has 0 heterocycles. The van der Waals surface area contributed by atoms with Crippen molar-refractivity contribution >= 4 is 24.1 Å². The first kappa shape index (κ1) is 21.6. The summed E-state index contributed by atoms with van der Waals surface area (Å²) in [5.74, 6) is -0.634. The molecule has 6 nitrogen and oxygen atoms in total. The van der Waals surface area contributed by atoms with Gasteiger partial charge in [-0.2, -0.15) is 4.74 Å². The molecule has 4 aromatic carbocycles. The van der Waals surface area contributed by atoms with Crippen LogP contribution in [0.15, 0.2) is 114 Å². The highest BCUT2D eigenvalue weighted by molar-refractivity contribution is 5.94. The van der Waals surface area contributed by atoms with Crippen LogP contribution in [0.3, 0.4) is 0 Å². The summed E-state index contributed by atoms with van der Waals surface area (Å²) in [6.07, 6.45) is 0. The maximum atomic E-state index is 14.1. The highest BCUT2D eigenvalue weighted by atomic mass is 16.5. The molecule has 4 rings (SSSR count). The highest BCUT2D eigenvalue weighted by Gasteiger charge is 2.46. The Balaban J connectivity index is 1.95. The minimum absolute atomic E-state index is 0.0229. The van der Waals surface area contributed by atoms with Gasteiger partial charge in [-0.05, 0) is 34.0 Å². The maximum Gasteiger partial charge on any atom is 0.331 e. The average Bonchev–Trinajstić information content (AvgIpc) is 2.86. The van der Waals surface area contributed by atoms with E-state index in [-0.39, 0.29) is 21.9 Å². The molecule has 0 bridgehead atoms. The first-order chi connectivity index (χ1) is 16.1. The Morgan fingerprint density at radius 1 is 0.788 bits per heavy atom. The van der Waals surface area contributed by atoms with Crippen LogP contribution in [0, 0.1) is 10.1 Å². The van der Waals surface area contributed by atoms with Crippen LogP contribution in [0.4, 0.5) is 11.4 Å². The molecule has 0 saturated heterocycles. The van der Waals surface area contributed by atoms with Crippen molar-refractivity contribution in [3.05, 3.63) is 136 Å². The van der Waals surface area contributed by atoms with E-state index in [0.29, 0.717) is 16.7 Å². The minimum atomic E-state index is -1.32. The lowest BCUT2D eigenvalue weighted by atomic mass is 9.69. The molecule has 0 amide bonds. The molecule has 6 heteroatoms. The zero-order valence-electron chi connectivity index (χ0n) is 17.6. The molecule has 33 heavy (non-hydrogen) atoms. The normalized spacial score (nSPS) is 10.9. The van der Waals surface area contributed by atoms with Crippen molar-refractivity contribution in [2.24, 2.45) is 5.18 Å². The predicted molar refractivity (Wildman–Crippen MR) is 127 cm³/mol. The zero-order valence-corrected chi connectivity index (χ0v) is 17.6. The Bertz CT molecular complexity index is 1190. The third-order valence-electron chi connectivity index (χ3n) is 5.45. The molecule has 162 valence electrons. The second kappa shape index (κ2) is 9.28. The third-order valence-corrected chi connectivity index (χ3v) is 5.45. The van der Waals surface area contributed by atoms with Crippen LogP contribution < -0.4 is 4.74 Å². The fourth-order valence-corrected chi connectivity index (χ4v) is 3.94. The largest absolute Gasteiger partial charge is 0.619 e.